The minimum absolute atomic E-state index is 0.0265. The van der Waals surface area contributed by atoms with Crippen molar-refractivity contribution < 1.29 is 9.90 Å². The van der Waals surface area contributed by atoms with Gasteiger partial charge in [0.1, 0.15) is 6.54 Å². The van der Waals surface area contributed by atoms with E-state index >= 15 is 0 Å². The van der Waals surface area contributed by atoms with E-state index < -0.39 is 0 Å². The van der Waals surface area contributed by atoms with E-state index in [9.17, 15) is 4.79 Å². The van der Waals surface area contributed by atoms with Crippen molar-refractivity contribution in [1.82, 2.24) is 19.9 Å². The molecule has 0 spiro atoms. The van der Waals surface area contributed by atoms with Crippen molar-refractivity contribution in [3.63, 3.8) is 0 Å². The van der Waals surface area contributed by atoms with Gasteiger partial charge in [-0.25, -0.2) is 4.68 Å². The molecule has 1 N–H and O–H groups in total. The van der Waals surface area contributed by atoms with Crippen molar-refractivity contribution in [3.05, 3.63) is 12.4 Å². The molecule has 15 heavy (non-hydrogen) atoms. The quantitative estimate of drug-likeness (QED) is 0.714. The van der Waals surface area contributed by atoms with Crippen LogP contribution in [-0.2, 0) is 11.3 Å². The predicted molar refractivity (Wildman–Crippen MR) is 54.0 cm³/mol. The van der Waals surface area contributed by atoms with Gasteiger partial charge in [0.05, 0.1) is 12.8 Å². The fourth-order valence-electron chi connectivity index (χ4n) is 1.33. The van der Waals surface area contributed by atoms with E-state index in [0.717, 1.165) is 0 Å². The molecule has 0 aliphatic carbocycles. The Hall–Kier alpha value is -1.43. The molecule has 6 heteroatoms. The molecule has 1 aromatic rings. The Labute approximate surface area is 88.5 Å². The average Bonchev–Trinajstić information content (AvgIpc) is 2.65. The molecule has 1 heterocycles. The summed E-state index contributed by atoms with van der Waals surface area (Å²) in [6.07, 6.45) is 3.16. The van der Waals surface area contributed by atoms with E-state index in [0.29, 0.717) is 6.54 Å². The number of aromatic nitrogens is 3. The summed E-state index contributed by atoms with van der Waals surface area (Å²) in [6, 6.07) is 0.0770. The molecule has 6 nitrogen and oxygen atoms in total. The van der Waals surface area contributed by atoms with Crippen molar-refractivity contribution in [2.75, 3.05) is 13.2 Å². The first-order chi connectivity index (χ1) is 7.15. The van der Waals surface area contributed by atoms with E-state index in [4.69, 9.17) is 5.11 Å². The zero-order valence-corrected chi connectivity index (χ0v) is 9.00. The number of carbonyl (C=O) groups is 1. The van der Waals surface area contributed by atoms with Crippen LogP contribution in [0.2, 0.25) is 0 Å². The van der Waals surface area contributed by atoms with Crippen LogP contribution in [0, 0.1) is 0 Å². The summed E-state index contributed by atoms with van der Waals surface area (Å²) in [7, 11) is 0. The standard InChI is InChI=1S/C9H16N4O2/c1-8(2)13(5-6-14)9(15)7-12-4-3-10-11-12/h3-4,8,14H,5-7H2,1-2H3. The highest BCUT2D eigenvalue weighted by Crippen LogP contribution is 1.99. The SMILES string of the molecule is CC(C)N(CCO)C(=O)Cn1ccnn1. The van der Waals surface area contributed by atoms with Crippen LogP contribution in [-0.4, -0.2) is 50.1 Å². The third kappa shape index (κ3) is 3.32. The highest BCUT2D eigenvalue weighted by atomic mass is 16.3. The first kappa shape index (κ1) is 11.6. The molecular weight excluding hydrogens is 196 g/mol. The molecule has 0 atom stereocenters. The molecule has 1 amide bonds. The lowest BCUT2D eigenvalue weighted by molar-refractivity contribution is -0.134. The Bertz CT molecular complexity index is 297. The van der Waals surface area contributed by atoms with Crippen LogP contribution in [0.15, 0.2) is 12.4 Å². The van der Waals surface area contributed by atoms with Gasteiger partial charge in [-0.1, -0.05) is 5.21 Å². The number of rotatable bonds is 5. The Balaban J connectivity index is 2.56. The lowest BCUT2D eigenvalue weighted by Crippen LogP contribution is -2.41. The van der Waals surface area contributed by atoms with E-state index in [1.54, 1.807) is 11.1 Å². The number of aliphatic hydroxyl groups excluding tert-OH is 1. The maximum absolute atomic E-state index is 11.8. The van der Waals surface area contributed by atoms with E-state index in [1.807, 2.05) is 13.8 Å². The molecule has 0 bridgehead atoms. The lowest BCUT2D eigenvalue weighted by Gasteiger charge is -2.25. The normalized spacial score (nSPS) is 10.7. The Morgan fingerprint density at radius 1 is 1.60 bits per heavy atom. The maximum Gasteiger partial charge on any atom is 0.244 e. The molecule has 0 fully saturated rings. The van der Waals surface area contributed by atoms with Crippen LogP contribution in [0.4, 0.5) is 0 Å². The monoisotopic (exact) mass is 212 g/mol. The number of nitrogens with zero attached hydrogens (tertiary/aromatic N) is 4. The van der Waals surface area contributed by atoms with E-state index in [-0.39, 0.29) is 25.1 Å². The van der Waals surface area contributed by atoms with Crippen LogP contribution >= 0.6 is 0 Å². The molecule has 0 saturated heterocycles. The number of aliphatic hydroxyl groups is 1. The van der Waals surface area contributed by atoms with E-state index in [2.05, 4.69) is 10.3 Å². The van der Waals surface area contributed by atoms with Gasteiger partial charge in [0.25, 0.3) is 0 Å². The number of carbonyl (C=O) groups excluding carboxylic acids is 1. The third-order valence-electron chi connectivity index (χ3n) is 2.05. The first-order valence-electron chi connectivity index (χ1n) is 4.89. The fourth-order valence-corrected chi connectivity index (χ4v) is 1.33. The smallest absolute Gasteiger partial charge is 0.244 e. The third-order valence-corrected chi connectivity index (χ3v) is 2.05. The first-order valence-corrected chi connectivity index (χ1v) is 4.89. The summed E-state index contributed by atoms with van der Waals surface area (Å²) in [5, 5.41) is 16.2. The summed E-state index contributed by atoms with van der Waals surface area (Å²) in [5.74, 6) is -0.0652. The molecular formula is C9H16N4O2. The lowest BCUT2D eigenvalue weighted by atomic mass is 10.3. The van der Waals surface area contributed by atoms with Crippen molar-refractivity contribution in [2.24, 2.45) is 0 Å². The largest absolute Gasteiger partial charge is 0.395 e. The number of hydrogen-bond acceptors (Lipinski definition) is 4. The molecule has 0 aliphatic heterocycles. The molecule has 0 aromatic carbocycles. The van der Waals surface area contributed by atoms with Crippen molar-refractivity contribution in [2.45, 2.75) is 26.4 Å². The second kappa shape index (κ2) is 5.45. The Morgan fingerprint density at radius 3 is 2.80 bits per heavy atom. The molecule has 84 valence electrons. The zero-order valence-electron chi connectivity index (χ0n) is 9.00. The fraction of sp³-hybridized carbons (Fsp3) is 0.667. The van der Waals surface area contributed by atoms with Gasteiger partial charge in [0.15, 0.2) is 0 Å². The maximum atomic E-state index is 11.8. The topological polar surface area (TPSA) is 71.2 Å². The van der Waals surface area contributed by atoms with Gasteiger partial charge < -0.3 is 10.0 Å². The minimum Gasteiger partial charge on any atom is -0.395 e. The molecule has 0 radical (unpaired) electrons. The van der Waals surface area contributed by atoms with Gasteiger partial charge in [-0.15, -0.1) is 5.10 Å². The van der Waals surface area contributed by atoms with Crippen molar-refractivity contribution in [3.8, 4) is 0 Å². The van der Waals surface area contributed by atoms with E-state index in [1.165, 1.54) is 10.9 Å². The van der Waals surface area contributed by atoms with Crippen LogP contribution in [0.1, 0.15) is 13.8 Å². The van der Waals surface area contributed by atoms with Gasteiger partial charge in [-0.3, -0.25) is 4.79 Å². The average molecular weight is 212 g/mol. The zero-order chi connectivity index (χ0) is 11.3. The minimum atomic E-state index is -0.0652. The van der Waals surface area contributed by atoms with Crippen molar-refractivity contribution >= 4 is 5.91 Å². The summed E-state index contributed by atoms with van der Waals surface area (Å²) < 4.78 is 1.47. The number of amides is 1. The van der Waals surface area contributed by atoms with Gasteiger partial charge >= 0.3 is 0 Å². The molecule has 1 rings (SSSR count). The van der Waals surface area contributed by atoms with Gasteiger partial charge in [0, 0.05) is 18.8 Å². The van der Waals surface area contributed by atoms with Crippen LogP contribution in [0.5, 0.6) is 0 Å². The van der Waals surface area contributed by atoms with Crippen LogP contribution < -0.4 is 0 Å². The Kier molecular flexibility index (Phi) is 4.23. The van der Waals surface area contributed by atoms with Crippen LogP contribution in [0.3, 0.4) is 0 Å². The molecule has 0 unspecified atom stereocenters. The summed E-state index contributed by atoms with van der Waals surface area (Å²) in [4.78, 5) is 13.4. The summed E-state index contributed by atoms with van der Waals surface area (Å²) >= 11 is 0. The summed E-state index contributed by atoms with van der Waals surface area (Å²) in [5.41, 5.74) is 0. The number of hydrogen-bond donors (Lipinski definition) is 1. The summed E-state index contributed by atoms with van der Waals surface area (Å²) in [6.45, 7) is 4.31. The highest BCUT2D eigenvalue weighted by Gasteiger charge is 2.16. The highest BCUT2D eigenvalue weighted by molar-refractivity contribution is 5.76. The van der Waals surface area contributed by atoms with Crippen LogP contribution in [0.25, 0.3) is 0 Å². The van der Waals surface area contributed by atoms with Crippen molar-refractivity contribution in [1.29, 1.82) is 0 Å². The van der Waals surface area contributed by atoms with Gasteiger partial charge in [-0.2, -0.15) is 0 Å². The second-order valence-corrected chi connectivity index (χ2v) is 3.51. The second-order valence-electron chi connectivity index (χ2n) is 3.51. The molecule has 0 saturated carbocycles. The van der Waals surface area contributed by atoms with Gasteiger partial charge in [-0.05, 0) is 13.8 Å². The van der Waals surface area contributed by atoms with Gasteiger partial charge in [0.2, 0.25) is 5.91 Å². The molecule has 1 aromatic heterocycles. The Morgan fingerprint density at radius 2 is 2.33 bits per heavy atom. The molecule has 0 aliphatic rings. The predicted octanol–water partition coefficient (Wildman–Crippen LogP) is -0.493.